The Balaban J connectivity index is 3.12. The Labute approximate surface area is 87.8 Å². The maximum absolute atomic E-state index is 10.9. The molecule has 4 heteroatoms. The van der Waals surface area contributed by atoms with Gasteiger partial charge in [-0.05, 0) is 18.8 Å². The molecule has 0 amide bonds. The summed E-state index contributed by atoms with van der Waals surface area (Å²) in [6, 6.07) is 0. The van der Waals surface area contributed by atoms with Gasteiger partial charge in [0.25, 0.3) is 0 Å². The Hall–Kier alpha value is -0.900. The molecule has 1 aromatic heterocycles. The van der Waals surface area contributed by atoms with Crippen LogP contribution in [0.3, 0.4) is 0 Å². The summed E-state index contributed by atoms with van der Waals surface area (Å²) in [6.45, 7) is 6.09. The van der Waals surface area contributed by atoms with Gasteiger partial charge >= 0.3 is 5.97 Å². The van der Waals surface area contributed by atoms with E-state index in [1.807, 2.05) is 13.8 Å². The third-order valence-electron chi connectivity index (χ3n) is 2.26. The van der Waals surface area contributed by atoms with Crippen molar-refractivity contribution in [2.75, 3.05) is 0 Å². The molecule has 0 fully saturated rings. The molecule has 0 aliphatic carbocycles. The summed E-state index contributed by atoms with van der Waals surface area (Å²) in [5, 5.41) is 9.88. The molecule has 0 aromatic carbocycles. The van der Waals surface area contributed by atoms with Crippen molar-refractivity contribution in [2.45, 2.75) is 39.5 Å². The van der Waals surface area contributed by atoms with Crippen molar-refractivity contribution in [1.82, 2.24) is 4.98 Å². The van der Waals surface area contributed by atoms with Crippen LogP contribution in [0, 0.1) is 0 Å². The highest BCUT2D eigenvalue weighted by Crippen LogP contribution is 2.29. The van der Waals surface area contributed by atoms with E-state index >= 15 is 0 Å². The highest BCUT2D eigenvalue weighted by atomic mass is 32.1. The van der Waals surface area contributed by atoms with Gasteiger partial charge in [-0.15, -0.1) is 11.3 Å². The number of aromatic nitrogens is 1. The summed E-state index contributed by atoms with van der Waals surface area (Å²) >= 11 is 1.53. The number of carboxylic acid groups (broad SMARTS) is 1. The highest BCUT2D eigenvalue weighted by molar-refractivity contribution is 7.12. The Morgan fingerprint density at radius 3 is 2.64 bits per heavy atom. The van der Waals surface area contributed by atoms with E-state index in [-0.39, 0.29) is 5.69 Å². The Morgan fingerprint density at radius 1 is 1.57 bits per heavy atom. The van der Waals surface area contributed by atoms with Crippen LogP contribution in [0.25, 0.3) is 0 Å². The first kappa shape index (κ1) is 11.2. The molecule has 1 unspecified atom stereocenters. The van der Waals surface area contributed by atoms with Crippen molar-refractivity contribution in [2.24, 2.45) is 0 Å². The van der Waals surface area contributed by atoms with E-state index < -0.39 is 5.97 Å². The minimum Gasteiger partial charge on any atom is -0.476 e. The van der Waals surface area contributed by atoms with E-state index in [4.69, 9.17) is 5.11 Å². The van der Waals surface area contributed by atoms with Crippen LogP contribution in [0.15, 0.2) is 0 Å². The lowest BCUT2D eigenvalue weighted by molar-refractivity contribution is 0.0689. The second-order valence-electron chi connectivity index (χ2n) is 3.29. The van der Waals surface area contributed by atoms with E-state index in [0.717, 1.165) is 22.7 Å². The number of carbonyl (C=O) groups is 1. The standard InChI is InChI=1S/C10H15NO2S/c1-4-6(3)9-8(10(12)13)11-7(5-2)14-9/h6H,4-5H2,1-3H3,(H,12,13). The van der Waals surface area contributed by atoms with Crippen LogP contribution in [0.4, 0.5) is 0 Å². The molecule has 1 aromatic rings. The lowest BCUT2D eigenvalue weighted by Gasteiger charge is -2.04. The summed E-state index contributed by atoms with van der Waals surface area (Å²) in [5.41, 5.74) is 0.251. The van der Waals surface area contributed by atoms with E-state index in [1.165, 1.54) is 11.3 Å². The van der Waals surface area contributed by atoms with E-state index in [0.29, 0.717) is 5.92 Å². The molecule has 1 N–H and O–H groups in total. The number of aryl methyl sites for hydroxylation is 1. The summed E-state index contributed by atoms with van der Waals surface area (Å²) in [6.07, 6.45) is 1.76. The van der Waals surface area contributed by atoms with Crippen molar-refractivity contribution >= 4 is 17.3 Å². The van der Waals surface area contributed by atoms with Crippen molar-refractivity contribution < 1.29 is 9.90 Å². The molecule has 0 radical (unpaired) electrons. The molecule has 14 heavy (non-hydrogen) atoms. The average Bonchev–Trinajstić information content (AvgIpc) is 2.60. The molecule has 78 valence electrons. The van der Waals surface area contributed by atoms with Gasteiger partial charge in [-0.1, -0.05) is 20.8 Å². The smallest absolute Gasteiger partial charge is 0.355 e. The number of hydrogen-bond donors (Lipinski definition) is 1. The van der Waals surface area contributed by atoms with Gasteiger partial charge in [-0.3, -0.25) is 0 Å². The lowest BCUT2D eigenvalue weighted by Crippen LogP contribution is -2.03. The molecule has 0 spiro atoms. The molecular formula is C10H15NO2S. The van der Waals surface area contributed by atoms with Crippen LogP contribution in [0.5, 0.6) is 0 Å². The minimum absolute atomic E-state index is 0.251. The number of hydrogen-bond acceptors (Lipinski definition) is 3. The van der Waals surface area contributed by atoms with Gasteiger partial charge in [-0.25, -0.2) is 9.78 Å². The predicted molar refractivity (Wildman–Crippen MR) is 57.2 cm³/mol. The first-order valence-corrected chi connectivity index (χ1v) is 5.64. The van der Waals surface area contributed by atoms with Gasteiger partial charge in [0.1, 0.15) is 0 Å². The third-order valence-corrected chi connectivity index (χ3v) is 3.69. The second-order valence-corrected chi connectivity index (χ2v) is 4.40. The first-order chi connectivity index (χ1) is 6.60. The maximum atomic E-state index is 10.9. The SMILES string of the molecule is CCc1nc(C(=O)O)c(C(C)CC)s1. The van der Waals surface area contributed by atoms with Crippen molar-refractivity contribution in [1.29, 1.82) is 0 Å². The quantitative estimate of drug-likeness (QED) is 0.836. The Kier molecular flexibility index (Phi) is 3.63. The third kappa shape index (κ3) is 2.12. The molecule has 0 aliphatic rings. The van der Waals surface area contributed by atoms with Crippen LogP contribution in [-0.4, -0.2) is 16.1 Å². The van der Waals surface area contributed by atoms with Gasteiger partial charge in [0.15, 0.2) is 5.69 Å². The molecule has 0 aliphatic heterocycles. The minimum atomic E-state index is -0.906. The van der Waals surface area contributed by atoms with E-state index in [2.05, 4.69) is 11.9 Å². The summed E-state index contributed by atoms with van der Waals surface area (Å²) in [4.78, 5) is 15.9. The zero-order valence-electron chi connectivity index (χ0n) is 8.70. The average molecular weight is 213 g/mol. The topological polar surface area (TPSA) is 50.2 Å². The van der Waals surface area contributed by atoms with Crippen LogP contribution in [0.2, 0.25) is 0 Å². The molecule has 1 heterocycles. The zero-order valence-corrected chi connectivity index (χ0v) is 9.52. The number of rotatable bonds is 4. The molecular weight excluding hydrogens is 198 g/mol. The van der Waals surface area contributed by atoms with Gasteiger partial charge in [0.2, 0.25) is 0 Å². The van der Waals surface area contributed by atoms with Gasteiger partial charge in [0, 0.05) is 4.88 Å². The van der Waals surface area contributed by atoms with Crippen LogP contribution < -0.4 is 0 Å². The normalized spacial score (nSPS) is 12.8. The van der Waals surface area contributed by atoms with Crippen molar-refractivity contribution in [3.05, 3.63) is 15.6 Å². The van der Waals surface area contributed by atoms with Gasteiger partial charge in [-0.2, -0.15) is 0 Å². The molecule has 0 saturated carbocycles. The fourth-order valence-corrected chi connectivity index (χ4v) is 2.33. The Morgan fingerprint density at radius 2 is 2.21 bits per heavy atom. The Bertz CT molecular complexity index is 333. The molecule has 0 saturated heterocycles. The van der Waals surface area contributed by atoms with Gasteiger partial charge < -0.3 is 5.11 Å². The van der Waals surface area contributed by atoms with Crippen LogP contribution >= 0.6 is 11.3 Å². The molecule has 1 atom stereocenters. The fraction of sp³-hybridized carbons (Fsp3) is 0.600. The maximum Gasteiger partial charge on any atom is 0.355 e. The molecule has 3 nitrogen and oxygen atoms in total. The van der Waals surface area contributed by atoms with Crippen molar-refractivity contribution in [3.63, 3.8) is 0 Å². The van der Waals surface area contributed by atoms with E-state index in [1.54, 1.807) is 0 Å². The van der Waals surface area contributed by atoms with Crippen LogP contribution in [-0.2, 0) is 6.42 Å². The van der Waals surface area contributed by atoms with E-state index in [9.17, 15) is 4.79 Å². The lowest BCUT2D eigenvalue weighted by atomic mass is 10.1. The number of nitrogens with zero attached hydrogens (tertiary/aromatic N) is 1. The second kappa shape index (κ2) is 4.55. The number of carboxylic acids is 1. The summed E-state index contributed by atoms with van der Waals surface area (Å²) in [7, 11) is 0. The zero-order chi connectivity index (χ0) is 10.7. The van der Waals surface area contributed by atoms with Crippen molar-refractivity contribution in [3.8, 4) is 0 Å². The largest absolute Gasteiger partial charge is 0.476 e. The number of aromatic carboxylic acids is 1. The highest BCUT2D eigenvalue weighted by Gasteiger charge is 2.19. The monoisotopic (exact) mass is 213 g/mol. The number of thiazole rings is 1. The predicted octanol–water partition coefficient (Wildman–Crippen LogP) is 2.92. The fourth-order valence-electron chi connectivity index (χ4n) is 1.20. The summed E-state index contributed by atoms with van der Waals surface area (Å²) in [5.74, 6) is -0.616. The first-order valence-electron chi connectivity index (χ1n) is 4.83. The summed E-state index contributed by atoms with van der Waals surface area (Å²) < 4.78 is 0. The molecule has 0 bridgehead atoms. The van der Waals surface area contributed by atoms with Gasteiger partial charge in [0.05, 0.1) is 5.01 Å². The van der Waals surface area contributed by atoms with Crippen LogP contribution in [0.1, 0.15) is 53.5 Å². The molecule has 1 rings (SSSR count).